The van der Waals surface area contributed by atoms with Crippen LogP contribution < -0.4 is 0 Å². The van der Waals surface area contributed by atoms with Crippen LogP contribution in [0, 0.1) is 0 Å². The van der Waals surface area contributed by atoms with Gasteiger partial charge in [-0.3, -0.25) is 4.79 Å². The van der Waals surface area contributed by atoms with Crippen molar-refractivity contribution in [3.05, 3.63) is 0 Å². The predicted octanol–water partition coefficient (Wildman–Crippen LogP) is 1.60. The van der Waals surface area contributed by atoms with E-state index in [9.17, 15) is 4.79 Å². The first kappa shape index (κ1) is 15.6. The van der Waals surface area contributed by atoms with Gasteiger partial charge in [0.05, 0.1) is 6.23 Å². The van der Waals surface area contributed by atoms with Crippen LogP contribution in [0.3, 0.4) is 0 Å². The first-order valence-corrected chi connectivity index (χ1v) is 7.95. The van der Waals surface area contributed by atoms with Crippen LogP contribution in [0.4, 0.5) is 0 Å². The van der Waals surface area contributed by atoms with E-state index in [2.05, 4.69) is 0 Å². The molecule has 6 heteroatoms. The van der Waals surface area contributed by atoms with Crippen LogP contribution in [-0.2, 0) is 23.1 Å². The second-order valence-corrected chi connectivity index (χ2v) is 6.91. The number of esters is 1. The fourth-order valence-corrected chi connectivity index (χ4v) is 1.80. The van der Waals surface area contributed by atoms with Gasteiger partial charge in [0, 0.05) is 27.1 Å². The molecule has 0 heterocycles. The van der Waals surface area contributed by atoms with Gasteiger partial charge in [-0.25, -0.2) is 0 Å². The lowest BCUT2D eigenvalue weighted by molar-refractivity contribution is -0.176. The topological polar surface area (TPSA) is 54.0 Å². The molecule has 16 heavy (non-hydrogen) atoms. The molecule has 1 atom stereocenters. The molecule has 0 bridgehead atoms. The lowest BCUT2D eigenvalue weighted by Crippen LogP contribution is -2.43. The zero-order valence-corrected chi connectivity index (χ0v) is 11.7. The van der Waals surface area contributed by atoms with Gasteiger partial charge in [-0.2, -0.15) is 0 Å². The monoisotopic (exact) mass is 250 g/mol. The fourth-order valence-electron chi connectivity index (χ4n) is 0.911. The highest BCUT2D eigenvalue weighted by molar-refractivity contribution is 6.65. The van der Waals surface area contributed by atoms with Crippen molar-refractivity contribution in [2.45, 2.75) is 39.5 Å². The number of hydrogen-bond donors (Lipinski definition) is 0. The molecule has 0 aromatic carbocycles. The van der Waals surface area contributed by atoms with Crippen molar-refractivity contribution >= 4 is 14.5 Å². The fraction of sp³-hybridized carbons (Fsp3) is 0.900. The summed E-state index contributed by atoms with van der Waals surface area (Å²) in [7, 11) is 0.940. The van der Waals surface area contributed by atoms with E-state index < -0.39 is 14.9 Å². The Morgan fingerprint density at radius 3 is 2.19 bits per heavy atom. The van der Waals surface area contributed by atoms with Gasteiger partial charge in [-0.1, -0.05) is 13.8 Å². The van der Waals surface area contributed by atoms with E-state index in [-0.39, 0.29) is 5.97 Å². The molecule has 0 amide bonds. The molecule has 0 radical (unpaired) electrons. The molecule has 96 valence electrons. The van der Waals surface area contributed by atoms with Gasteiger partial charge in [0.1, 0.15) is 0 Å². The van der Waals surface area contributed by atoms with Crippen LogP contribution in [0.5, 0.6) is 0 Å². The number of carbonyl (C=O) groups is 1. The summed E-state index contributed by atoms with van der Waals surface area (Å²) in [6.07, 6.45) is 0.798. The first-order chi connectivity index (χ1) is 7.51. The number of ether oxygens (including phenoxy) is 2. The maximum atomic E-state index is 11.1. The van der Waals surface area contributed by atoms with Crippen molar-refractivity contribution in [1.82, 2.24) is 0 Å². The van der Waals surface area contributed by atoms with E-state index in [1.165, 1.54) is 0 Å². The van der Waals surface area contributed by atoms with E-state index in [1.807, 2.05) is 13.5 Å². The predicted molar refractivity (Wildman–Crippen MR) is 62.1 cm³/mol. The third-order valence-corrected chi connectivity index (χ3v) is 4.70. The molecule has 0 fully saturated rings. The van der Waals surface area contributed by atoms with E-state index in [0.717, 1.165) is 0 Å². The van der Waals surface area contributed by atoms with Crippen LogP contribution in [0.25, 0.3) is 0 Å². The Bertz CT molecular complexity index is 205. The maximum absolute atomic E-state index is 11.1. The second kappa shape index (κ2) is 7.78. The minimum Gasteiger partial charge on any atom is -0.436 e. The maximum Gasteiger partial charge on any atom is 0.361 e. The molecule has 0 rings (SSSR count). The molecule has 0 saturated carbocycles. The van der Waals surface area contributed by atoms with Gasteiger partial charge in [-0.15, -0.1) is 0 Å². The van der Waals surface area contributed by atoms with Gasteiger partial charge in [0.15, 0.2) is 0 Å². The lowest BCUT2D eigenvalue weighted by Gasteiger charge is -2.25. The van der Waals surface area contributed by atoms with Crippen molar-refractivity contribution < 1.29 is 23.1 Å². The van der Waals surface area contributed by atoms with Gasteiger partial charge < -0.3 is 18.3 Å². The third kappa shape index (κ3) is 5.60. The molecular weight excluding hydrogens is 228 g/mol. The summed E-state index contributed by atoms with van der Waals surface area (Å²) >= 11 is 0. The van der Waals surface area contributed by atoms with Crippen molar-refractivity contribution in [2.75, 3.05) is 20.4 Å². The van der Waals surface area contributed by atoms with Crippen LogP contribution >= 0.6 is 0 Å². The van der Waals surface area contributed by atoms with E-state index in [1.54, 1.807) is 21.1 Å². The molecule has 0 N–H and O–H groups in total. The molecular formula is C10H22O5Si. The highest BCUT2D eigenvalue weighted by Gasteiger charge is 2.31. The molecule has 1 unspecified atom stereocenters. The Kier molecular flexibility index (Phi) is 7.57. The smallest absolute Gasteiger partial charge is 0.361 e. The zero-order chi connectivity index (χ0) is 12.6. The standard InChI is InChI=1S/C10H22O5Si/c1-6-9(11)15-10(7-2)14-8-16(5,12-3)13-4/h10H,6-8H2,1-5H3. The average molecular weight is 250 g/mol. The molecule has 0 aromatic heterocycles. The number of carbonyl (C=O) groups excluding carboxylic acids is 1. The Morgan fingerprint density at radius 1 is 1.25 bits per heavy atom. The summed E-state index contributed by atoms with van der Waals surface area (Å²) < 4.78 is 21.1. The number of hydrogen-bond acceptors (Lipinski definition) is 5. The van der Waals surface area contributed by atoms with Gasteiger partial charge in [0.25, 0.3) is 0 Å². The highest BCUT2D eigenvalue weighted by atomic mass is 28.4. The molecule has 0 aromatic rings. The van der Waals surface area contributed by atoms with E-state index in [0.29, 0.717) is 19.1 Å². The van der Waals surface area contributed by atoms with Crippen LogP contribution in [0.1, 0.15) is 26.7 Å². The van der Waals surface area contributed by atoms with Gasteiger partial charge >= 0.3 is 14.5 Å². The lowest BCUT2D eigenvalue weighted by atomic mass is 10.4. The minimum absolute atomic E-state index is 0.259. The number of rotatable bonds is 8. The minimum atomic E-state index is -2.25. The Balaban J connectivity index is 4.08. The summed E-state index contributed by atoms with van der Waals surface area (Å²) in [5, 5.41) is 0. The molecule has 0 spiro atoms. The van der Waals surface area contributed by atoms with Gasteiger partial charge in [-0.05, 0) is 6.55 Å². The normalized spacial score (nSPS) is 13.6. The van der Waals surface area contributed by atoms with E-state index in [4.69, 9.17) is 18.3 Å². The average Bonchev–Trinajstić information content (AvgIpc) is 2.33. The Hall–Kier alpha value is -0.433. The van der Waals surface area contributed by atoms with Crippen molar-refractivity contribution in [1.29, 1.82) is 0 Å². The van der Waals surface area contributed by atoms with Crippen LogP contribution in [0.2, 0.25) is 6.55 Å². The summed E-state index contributed by atoms with van der Waals surface area (Å²) in [4.78, 5) is 11.1. The summed E-state index contributed by atoms with van der Waals surface area (Å²) in [5.74, 6) is -0.259. The SMILES string of the molecule is CCC(=O)OC(CC)OC[Si](C)(OC)OC. The Labute approximate surface area is 98.3 Å². The summed E-state index contributed by atoms with van der Waals surface area (Å²) in [6, 6.07) is 0. The second-order valence-electron chi connectivity index (χ2n) is 3.53. The summed E-state index contributed by atoms with van der Waals surface area (Å²) in [5.41, 5.74) is 0. The quantitative estimate of drug-likeness (QED) is 0.372. The Morgan fingerprint density at radius 2 is 1.81 bits per heavy atom. The first-order valence-electron chi connectivity index (χ1n) is 5.42. The largest absolute Gasteiger partial charge is 0.436 e. The zero-order valence-electron chi connectivity index (χ0n) is 10.7. The van der Waals surface area contributed by atoms with Crippen LogP contribution in [0.15, 0.2) is 0 Å². The van der Waals surface area contributed by atoms with Crippen molar-refractivity contribution in [3.8, 4) is 0 Å². The van der Waals surface area contributed by atoms with E-state index >= 15 is 0 Å². The molecule has 0 aliphatic heterocycles. The third-order valence-electron chi connectivity index (χ3n) is 2.28. The van der Waals surface area contributed by atoms with Crippen molar-refractivity contribution in [2.24, 2.45) is 0 Å². The van der Waals surface area contributed by atoms with Crippen LogP contribution in [-0.4, -0.2) is 41.3 Å². The van der Waals surface area contributed by atoms with Crippen molar-refractivity contribution in [3.63, 3.8) is 0 Å². The molecule has 0 aliphatic rings. The molecule has 0 saturated heterocycles. The highest BCUT2D eigenvalue weighted by Crippen LogP contribution is 2.09. The molecule has 5 nitrogen and oxygen atoms in total. The molecule has 0 aliphatic carbocycles. The summed E-state index contributed by atoms with van der Waals surface area (Å²) in [6.45, 7) is 5.53. The van der Waals surface area contributed by atoms with Gasteiger partial charge in [0.2, 0.25) is 6.29 Å².